The van der Waals surface area contributed by atoms with Gasteiger partial charge in [-0.05, 0) is 25.7 Å². The number of hydrogen-bond donors (Lipinski definition) is 0. The van der Waals surface area contributed by atoms with Crippen LogP contribution in [0.15, 0.2) is 0 Å². The van der Waals surface area contributed by atoms with Crippen LogP contribution in [0.25, 0.3) is 0 Å². The van der Waals surface area contributed by atoms with Gasteiger partial charge in [-0.15, -0.1) is 0 Å². The fourth-order valence-corrected chi connectivity index (χ4v) is 14.9. The average molecular weight is 563 g/mol. The summed E-state index contributed by atoms with van der Waals surface area (Å²) in [5.41, 5.74) is 0. The van der Waals surface area contributed by atoms with E-state index in [-0.39, 0.29) is 0 Å². The van der Waals surface area contributed by atoms with Crippen molar-refractivity contribution in [2.45, 2.75) is 44.2 Å². The van der Waals surface area contributed by atoms with Crippen LogP contribution in [0.4, 0.5) is 0 Å². The van der Waals surface area contributed by atoms with Crippen LogP contribution < -0.4 is 0 Å². The van der Waals surface area contributed by atoms with E-state index in [1.165, 1.54) is 132 Å². The summed E-state index contributed by atoms with van der Waals surface area (Å²) in [6.45, 7) is 4.73. The lowest BCUT2D eigenvalue weighted by atomic mass is 10.2. The van der Waals surface area contributed by atoms with Crippen LogP contribution >= 0.6 is 0 Å². The number of unbranched alkanes of at least 4 members (excludes halogenated alkanes) is 2. The molecule has 0 aromatic rings. The highest BCUT2D eigenvalue weighted by molar-refractivity contribution is 6.69. The molecule has 0 aliphatic heterocycles. The van der Waals surface area contributed by atoms with Gasteiger partial charge >= 0.3 is 117 Å². The van der Waals surface area contributed by atoms with E-state index in [1.807, 2.05) is 0 Å². The largest absolute Gasteiger partial charge is 0.515 e. The molecule has 0 bridgehead atoms. The number of quaternary nitrogens is 2. The Kier molecular flexibility index (Phi) is 19.6. The lowest BCUT2D eigenvalue weighted by Gasteiger charge is -2.35. The minimum atomic E-state index is -2.39. The molecule has 0 aliphatic rings. The normalized spacial score (nSPS) is 13.5. The topological polar surface area (TPSA) is 55.4 Å². The molecule has 0 aliphatic carbocycles. The van der Waals surface area contributed by atoms with Crippen molar-refractivity contribution in [2.24, 2.45) is 0 Å². The van der Waals surface area contributed by atoms with Gasteiger partial charge in [-0.25, -0.2) is 0 Å². The second-order valence-electron chi connectivity index (χ2n) is 9.27. The maximum Gasteiger partial charge on any atom is 0.410 e. The Hall–Kier alpha value is 3.31. The molecule has 0 aromatic carbocycles. The van der Waals surface area contributed by atoms with Crippen molar-refractivity contribution < 1.29 is 29.8 Å². The Morgan fingerprint density at radius 1 is 0.452 bits per heavy atom. The minimum absolute atomic E-state index is 0.897. The summed E-state index contributed by atoms with van der Waals surface area (Å²) in [5.74, 6) is 0. The third kappa shape index (κ3) is 14.6. The fourth-order valence-electron chi connectivity index (χ4n) is 3.60. The molecule has 0 heterocycles. The van der Waals surface area contributed by atoms with Gasteiger partial charge in [-0.3, -0.25) is 0 Å². The number of hydrogen-bond acceptors (Lipinski definition) is 6. The summed E-state index contributed by atoms with van der Waals surface area (Å²) in [4.78, 5) is 0. The van der Waals surface area contributed by atoms with Gasteiger partial charge in [-0.2, -0.15) is 0 Å². The summed E-state index contributed by atoms with van der Waals surface area (Å²) in [6, 6.07) is 1.79. The third-order valence-corrected chi connectivity index (χ3v) is 18.3. The van der Waals surface area contributed by atoms with E-state index in [9.17, 15) is 0 Å². The summed E-state index contributed by atoms with van der Waals surface area (Å²) in [6.07, 6.45) is 5.73. The molecule has 0 rings (SSSR count). The maximum absolute atomic E-state index is 5.56. The van der Waals surface area contributed by atoms with E-state index >= 15 is 0 Å². The predicted molar refractivity (Wildman–Crippen MR) is 137 cm³/mol. The number of rotatable bonds is 20. The van der Waals surface area contributed by atoms with Gasteiger partial charge in [-0.1, -0.05) is 0 Å². The Bertz CT molecular complexity index is 423. The van der Waals surface area contributed by atoms with Crippen LogP contribution in [-0.2, 0) is 20.9 Å². The highest BCUT2D eigenvalue weighted by atomic mass is 28.4. The number of nitrogens with zero attached hydrogens (tertiary/aromatic N) is 2. The zero-order valence-electron chi connectivity index (χ0n) is 20.4. The molecule has 0 unspecified atom stereocenters. The van der Waals surface area contributed by atoms with Crippen LogP contribution in [0, 0.1) is 0 Å². The van der Waals surface area contributed by atoms with Gasteiger partial charge in [0.25, 0.3) is 0 Å². The molecule has 0 saturated heterocycles. The standard InChI is InChI=1S/C15H34N2O6Si2.6Al.6H/c1-16(2,10-5-7-14-24(18,19)20)12-9-13-17(3,4)11-6-8-15-25(21,22)23;;;;;;;;;;;;/h5-15H2,1-4H3;;;;;;;;;;;;/q-4;6*+1;;;;;;. The average Bonchev–Trinajstić information content (AvgIpc) is 2.75. The van der Waals surface area contributed by atoms with Gasteiger partial charge in [0.15, 0.2) is 0 Å². The second kappa shape index (κ2) is 17.7. The van der Waals surface area contributed by atoms with Crippen molar-refractivity contribution in [3.05, 3.63) is 0 Å². The zero-order chi connectivity index (χ0) is 24.0. The second-order valence-corrected chi connectivity index (χ2v) is 19.9. The van der Waals surface area contributed by atoms with Crippen LogP contribution in [-0.4, -0.2) is 181 Å². The van der Waals surface area contributed by atoms with Crippen LogP contribution in [0.2, 0.25) is 12.1 Å². The van der Waals surface area contributed by atoms with E-state index in [2.05, 4.69) is 28.2 Å². The first-order chi connectivity index (χ1) is 14.5. The van der Waals surface area contributed by atoms with E-state index in [4.69, 9.17) is 20.9 Å². The molecule has 8 nitrogen and oxygen atoms in total. The molecule has 0 amide bonds. The van der Waals surface area contributed by atoms with Gasteiger partial charge < -0.3 is 29.8 Å². The molecule has 0 N–H and O–H groups in total. The molecule has 0 atom stereocenters. The molecular weight excluding hydrogens is 522 g/mol. The smallest absolute Gasteiger partial charge is 0.410 e. The van der Waals surface area contributed by atoms with Crippen molar-refractivity contribution in [3.8, 4) is 0 Å². The summed E-state index contributed by atoms with van der Waals surface area (Å²) < 4.78 is 35.5. The van der Waals surface area contributed by atoms with Crippen molar-refractivity contribution >= 4 is 117 Å². The molecule has 170 valence electrons. The highest BCUT2D eigenvalue weighted by Gasteiger charge is 2.32. The first-order valence-corrected chi connectivity index (χ1v) is 18.0. The van der Waals surface area contributed by atoms with Crippen LogP contribution in [0.3, 0.4) is 0 Å². The first kappa shape index (κ1) is 34.3. The van der Waals surface area contributed by atoms with Gasteiger partial charge in [0.05, 0.1) is 54.4 Å². The SMILES string of the molecule is C[N+](C)(CCCC[Si]([O][AlH])([O][AlH])[O][AlH])CCC[N+](C)(C)CCCC[Si]([O][AlH])([O][AlH])[O][AlH]. The van der Waals surface area contributed by atoms with Crippen molar-refractivity contribution in [1.29, 1.82) is 0 Å². The molecule has 0 fully saturated rings. The Labute approximate surface area is 243 Å². The van der Waals surface area contributed by atoms with Gasteiger partial charge in [0.2, 0.25) is 0 Å². The van der Waals surface area contributed by atoms with Crippen molar-refractivity contribution in [2.75, 3.05) is 54.4 Å². The van der Waals surface area contributed by atoms with E-state index in [0.717, 1.165) is 46.7 Å². The van der Waals surface area contributed by atoms with Gasteiger partial charge in [0.1, 0.15) is 0 Å². The molecule has 0 saturated carbocycles. The minimum Gasteiger partial charge on any atom is -0.515 e. The van der Waals surface area contributed by atoms with E-state index in [0.29, 0.717) is 0 Å². The molecular formula is C15H40Al6N2O6Si2+2. The van der Waals surface area contributed by atoms with E-state index < -0.39 is 17.6 Å². The quantitative estimate of drug-likeness (QED) is 0.0970. The maximum atomic E-state index is 5.56. The van der Waals surface area contributed by atoms with Gasteiger partial charge in [0, 0.05) is 18.5 Å². The lowest BCUT2D eigenvalue weighted by Crippen LogP contribution is -2.47. The predicted octanol–water partition coefficient (Wildman–Crippen LogP) is -2.04. The molecule has 16 heteroatoms. The molecule has 0 aromatic heterocycles. The first-order valence-electron chi connectivity index (χ1n) is 10.7. The molecule has 31 heavy (non-hydrogen) atoms. The Morgan fingerprint density at radius 3 is 0.968 bits per heavy atom. The van der Waals surface area contributed by atoms with E-state index in [1.54, 1.807) is 0 Å². The summed E-state index contributed by atoms with van der Waals surface area (Å²) in [7, 11) is 4.57. The van der Waals surface area contributed by atoms with Crippen LogP contribution in [0.1, 0.15) is 32.1 Å². The Balaban J connectivity index is 4.19. The lowest BCUT2D eigenvalue weighted by molar-refractivity contribution is -0.909. The summed E-state index contributed by atoms with van der Waals surface area (Å²) >= 11 is 8.94. The molecule has 6 radical (unpaired) electrons. The Morgan fingerprint density at radius 2 is 0.710 bits per heavy atom. The monoisotopic (exact) mass is 562 g/mol. The highest BCUT2D eigenvalue weighted by Crippen LogP contribution is 2.18. The van der Waals surface area contributed by atoms with Crippen LogP contribution in [0.5, 0.6) is 0 Å². The zero-order valence-corrected chi connectivity index (χ0v) is 30.9. The third-order valence-electron chi connectivity index (χ3n) is 5.84. The van der Waals surface area contributed by atoms with Crippen molar-refractivity contribution in [3.63, 3.8) is 0 Å². The summed E-state index contributed by atoms with van der Waals surface area (Å²) in [5, 5.41) is 0. The fraction of sp³-hybridized carbons (Fsp3) is 1.00. The molecule has 0 spiro atoms. The van der Waals surface area contributed by atoms with Crippen molar-refractivity contribution in [1.82, 2.24) is 0 Å².